The topological polar surface area (TPSA) is 87.7 Å². The van der Waals surface area contributed by atoms with Gasteiger partial charge in [0.05, 0.1) is 17.0 Å². The molecular weight excluding hydrogens is 332 g/mol. The summed E-state index contributed by atoms with van der Waals surface area (Å²) in [6.07, 6.45) is 2.25. The Labute approximate surface area is 119 Å². The van der Waals surface area contributed by atoms with Gasteiger partial charge in [0.2, 0.25) is 0 Å². The van der Waals surface area contributed by atoms with Crippen molar-refractivity contribution in [2.75, 3.05) is 18.1 Å². The Kier molecular flexibility index (Phi) is 3.32. The smallest absolute Gasteiger partial charge is 0.177 e. The van der Waals surface area contributed by atoms with E-state index < -0.39 is 9.84 Å². The molecule has 1 unspecified atom stereocenters. The van der Waals surface area contributed by atoms with Crippen molar-refractivity contribution in [2.24, 2.45) is 0 Å². The molecule has 0 bridgehead atoms. The van der Waals surface area contributed by atoms with E-state index in [4.69, 9.17) is 0 Å². The number of nitrogens with one attached hydrogen (secondary N) is 2. The quantitative estimate of drug-likeness (QED) is 0.835. The zero-order chi connectivity index (χ0) is 13.5. The number of nitrogens with zero attached hydrogens (tertiary/aromatic N) is 2. The second-order valence-electron chi connectivity index (χ2n) is 4.68. The molecule has 19 heavy (non-hydrogen) atoms. The molecule has 1 aliphatic rings. The van der Waals surface area contributed by atoms with Crippen molar-refractivity contribution in [3.05, 3.63) is 22.6 Å². The van der Waals surface area contributed by atoms with Crippen LogP contribution in [0.2, 0.25) is 0 Å². The Hall–Kier alpha value is -0.990. The van der Waals surface area contributed by atoms with Crippen LogP contribution in [0, 0.1) is 0 Å². The normalized spacial score (nSPS) is 22.7. The molecule has 2 aromatic rings. The molecule has 0 spiro atoms. The number of aromatic nitrogens is 3. The number of sulfone groups is 1. The molecule has 1 aliphatic heterocycles. The fraction of sp³-hybridized carbons (Fsp3) is 0.455. The second kappa shape index (κ2) is 4.84. The van der Waals surface area contributed by atoms with Gasteiger partial charge in [0.1, 0.15) is 5.82 Å². The number of hydrogen-bond acceptors (Lipinski definition) is 5. The lowest BCUT2D eigenvalue weighted by atomic mass is 10.2. The SMILES string of the molecule is O=S1(=O)CCNC(Cc2nc3ncc(Br)cc3[nH]2)C1. The molecule has 0 amide bonds. The number of fused-ring (bicyclic) bond motifs is 1. The van der Waals surface area contributed by atoms with Crippen molar-refractivity contribution < 1.29 is 8.42 Å². The maximum absolute atomic E-state index is 11.6. The molecule has 0 aliphatic carbocycles. The van der Waals surface area contributed by atoms with Crippen LogP contribution in [0.15, 0.2) is 16.7 Å². The van der Waals surface area contributed by atoms with Crippen molar-refractivity contribution in [1.82, 2.24) is 20.3 Å². The Morgan fingerprint density at radius 1 is 1.47 bits per heavy atom. The summed E-state index contributed by atoms with van der Waals surface area (Å²) in [5, 5.41) is 3.21. The van der Waals surface area contributed by atoms with Gasteiger partial charge in [-0.05, 0) is 22.0 Å². The van der Waals surface area contributed by atoms with Crippen LogP contribution in [0.4, 0.5) is 0 Å². The number of hydrogen-bond donors (Lipinski definition) is 2. The Morgan fingerprint density at radius 3 is 3.11 bits per heavy atom. The Morgan fingerprint density at radius 2 is 2.32 bits per heavy atom. The maximum atomic E-state index is 11.6. The van der Waals surface area contributed by atoms with Crippen molar-refractivity contribution in [2.45, 2.75) is 12.5 Å². The standard InChI is InChI=1S/C11H13BrN4O2S/c12-7-3-9-11(14-5-7)16-10(15-9)4-8-6-19(17,18)2-1-13-8/h3,5,8,13H,1-2,4,6H2,(H,14,15,16). The molecule has 3 rings (SSSR count). The van der Waals surface area contributed by atoms with Crippen LogP contribution in [0.5, 0.6) is 0 Å². The van der Waals surface area contributed by atoms with E-state index in [-0.39, 0.29) is 17.5 Å². The molecule has 1 saturated heterocycles. The highest BCUT2D eigenvalue weighted by Crippen LogP contribution is 2.16. The highest BCUT2D eigenvalue weighted by molar-refractivity contribution is 9.10. The lowest BCUT2D eigenvalue weighted by Crippen LogP contribution is -2.46. The summed E-state index contributed by atoms with van der Waals surface area (Å²) in [6, 6.07) is 1.83. The van der Waals surface area contributed by atoms with Crippen LogP contribution in [0.3, 0.4) is 0 Å². The first-order valence-electron chi connectivity index (χ1n) is 5.96. The van der Waals surface area contributed by atoms with E-state index >= 15 is 0 Å². The number of imidazole rings is 1. The molecule has 6 nitrogen and oxygen atoms in total. The average molecular weight is 345 g/mol. The molecule has 102 valence electrons. The summed E-state index contributed by atoms with van der Waals surface area (Å²) in [5.74, 6) is 1.15. The van der Waals surface area contributed by atoms with Gasteiger partial charge < -0.3 is 10.3 Å². The van der Waals surface area contributed by atoms with Gasteiger partial charge in [-0.25, -0.2) is 18.4 Å². The third-order valence-corrected chi connectivity index (χ3v) is 5.26. The van der Waals surface area contributed by atoms with Gasteiger partial charge in [0, 0.05) is 29.7 Å². The minimum absolute atomic E-state index is 0.0808. The summed E-state index contributed by atoms with van der Waals surface area (Å²) in [4.78, 5) is 11.7. The molecule has 0 radical (unpaired) electrons. The molecule has 1 atom stereocenters. The number of H-pyrrole nitrogens is 1. The zero-order valence-corrected chi connectivity index (χ0v) is 12.5. The fourth-order valence-corrected chi connectivity index (χ4v) is 4.03. The Bertz CT molecular complexity index is 713. The zero-order valence-electron chi connectivity index (χ0n) is 10.1. The van der Waals surface area contributed by atoms with E-state index in [0.29, 0.717) is 18.6 Å². The molecule has 3 heterocycles. The van der Waals surface area contributed by atoms with Crippen LogP contribution in [-0.2, 0) is 16.3 Å². The third kappa shape index (κ3) is 2.96. The number of rotatable bonds is 2. The van der Waals surface area contributed by atoms with Gasteiger partial charge >= 0.3 is 0 Å². The highest BCUT2D eigenvalue weighted by atomic mass is 79.9. The molecule has 0 saturated carbocycles. The van der Waals surface area contributed by atoms with Crippen LogP contribution < -0.4 is 5.32 Å². The van der Waals surface area contributed by atoms with Gasteiger partial charge in [-0.15, -0.1) is 0 Å². The van der Waals surface area contributed by atoms with Crippen LogP contribution in [-0.4, -0.2) is 47.5 Å². The largest absolute Gasteiger partial charge is 0.341 e. The minimum Gasteiger partial charge on any atom is -0.341 e. The summed E-state index contributed by atoms with van der Waals surface area (Å²) in [6.45, 7) is 0.511. The molecule has 2 aromatic heterocycles. The van der Waals surface area contributed by atoms with E-state index in [0.717, 1.165) is 15.8 Å². The van der Waals surface area contributed by atoms with Crippen LogP contribution in [0.1, 0.15) is 5.82 Å². The number of aromatic amines is 1. The highest BCUT2D eigenvalue weighted by Gasteiger charge is 2.25. The van der Waals surface area contributed by atoms with Crippen LogP contribution >= 0.6 is 15.9 Å². The lowest BCUT2D eigenvalue weighted by molar-refractivity contribution is 0.510. The second-order valence-corrected chi connectivity index (χ2v) is 7.82. The van der Waals surface area contributed by atoms with Crippen molar-refractivity contribution in [3.8, 4) is 0 Å². The van der Waals surface area contributed by atoms with Gasteiger partial charge in [-0.3, -0.25) is 0 Å². The molecule has 8 heteroatoms. The monoisotopic (exact) mass is 344 g/mol. The van der Waals surface area contributed by atoms with Gasteiger partial charge in [0.25, 0.3) is 0 Å². The fourth-order valence-electron chi connectivity index (χ4n) is 2.25. The van der Waals surface area contributed by atoms with Gasteiger partial charge in [-0.1, -0.05) is 0 Å². The molecule has 1 fully saturated rings. The first-order chi connectivity index (χ1) is 9.02. The summed E-state index contributed by atoms with van der Waals surface area (Å²) >= 11 is 3.35. The van der Waals surface area contributed by atoms with E-state index in [1.807, 2.05) is 6.07 Å². The predicted octanol–water partition coefficient (Wildman–Crippen LogP) is 0.650. The van der Waals surface area contributed by atoms with Crippen molar-refractivity contribution in [3.63, 3.8) is 0 Å². The van der Waals surface area contributed by atoms with Crippen LogP contribution in [0.25, 0.3) is 11.2 Å². The van der Waals surface area contributed by atoms with E-state index in [1.165, 1.54) is 0 Å². The van der Waals surface area contributed by atoms with Gasteiger partial charge in [-0.2, -0.15) is 0 Å². The van der Waals surface area contributed by atoms with E-state index in [1.54, 1.807) is 6.20 Å². The summed E-state index contributed by atoms with van der Waals surface area (Å²) in [5.41, 5.74) is 1.50. The van der Waals surface area contributed by atoms with E-state index in [9.17, 15) is 8.42 Å². The molecule has 0 aromatic carbocycles. The number of halogens is 1. The van der Waals surface area contributed by atoms with Gasteiger partial charge in [0.15, 0.2) is 15.5 Å². The lowest BCUT2D eigenvalue weighted by Gasteiger charge is -2.22. The summed E-state index contributed by atoms with van der Waals surface area (Å²) < 4.78 is 24.0. The predicted molar refractivity (Wildman–Crippen MR) is 75.7 cm³/mol. The first kappa shape index (κ1) is 13.0. The molecule has 2 N–H and O–H groups in total. The third-order valence-electron chi connectivity index (χ3n) is 3.09. The molecular formula is C11H13BrN4O2S. The first-order valence-corrected chi connectivity index (χ1v) is 8.57. The van der Waals surface area contributed by atoms with E-state index in [2.05, 4.69) is 36.2 Å². The van der Waals surface area contributed by atoms with Crippen molar-refractivity contribution >= 4 is 36.9 Å². The average Bonchev–Trinajstić information content (AvgIpc) is 2.68. The summed E-state index contributed by atoms with van der Waals surface area (Å²) in [7, 11) is -2.92. The Balaban J connectivity index is 1.81. The number of pyridine rings is 1. The van der Waals surface area contributed by atoms with Crippen molar-refractivity contribution in [1.29, 1.82) is 0 Å². The maximum Gasteiger partial charge on any atom is 0.177 e. The minimum atomic E-state index is -2.92.